The SMILES string of the molecule is CCS(=O)C1O[C@H](C)[C@@H](OCc2ccccc2)[C@@H](OCc2ccccc2)[C@@H]1OCc1ccccc1. The van der Waals surface area contributed by atoms with Crippen LogP contribution in [-0.2, 0) is 49.6 Å². The Morgan fingerprint density at radius 1 is 0.657 bits per heavy atom. The highest BCUT2D eigenvalue weighted by Gasteiger charge is 2.48. The van der Waals surface area contributed by atoms with E-state index in [2.05, 4.69) is 0 Å². The predicted octanol–water partition coefficient (Wildman–Crippen LogP) is 5.26. The lowest BCUT2D eigenvalue weighted by atomic mass is 9.99. The topological polar surface area (TPSA) is 54.0 Å². The molecule has 6 heteroatoms. The van der Waals surface area contributed by atoms with Crippen molar-refractivity contribution in [3.05, 3.63) is 108 Å². The summed E-state index contributed by atoms with van der Waals surface area (Å²) >= 11 is 0. The summed E-state index contributed by atoms with van der Waals surface area (Å²) in [7, 11) is -1.23. The van der Waals surface area contributed by atoms with Crippen molar-refractivity contribution in [1.29, 1.82) is 0 Å². The van der Waals surface area contributed by atoms with E-state index in [1.807, 2.05) is 105 Å². The maximum Gasteiger partial charge on any atom is 0.161 e. The number of ether oxygens (including phenoxy) is 4. The molecule has 0 saturated carbocycles. The molecular formula is C29H34O5S. The predicted molar refractivity (Wildman–Crippen MR) is 138 cm³/mol. The molecule has 0 amide bonds. The van der Waals surface area contributed by atoms with Gasteiger partial charge in [0.1, 0.15) is 18.3 Å². The van der Waals surface area contributed by atoms with Gasteiger partial charge in [0, 0.05) is 5.75 Å². The lowest BCUT2D eigenvalue weighted by Gasteiger charge is -2.45. The van der Waals surface area contributed by atoms with Gasteiger partial charge in [0.25, 0.3) is 0 Å². The van der Waals surface area contributed by atoms with E-state index >= 15 is 0 Å². The fourth-order valence-corrected chi connectivity index (χ4v) is 5.41. The van der Waals surface area contributed by atoms with E-state index in [1.54, 1.807) is 0 Å². The molecule has 1 aliphatic heterocycles. The Morgan fingerprint density at radius 2 is 1.06 bits per heavy atom. The molecule has 1 aliphatic rings. The minimum absolute atomic E-state index is 0.309. The molecule has 6 atom stereocenters. The van der Waals surface area contributed by atoms with E-state index in [-0.39, 0.29) is 12.2 Å². The first-order valence-corrected chi connectivity index (χ1v) is 13.5. The van der Waals surface area contributed by atoms with Crippen molar-refractivity contribution in [3.8, 4) is 0 Å². The molecule has 2 unspecified atom stereocenters. The summed E-state index contributed by atoms with van der Waals surface area (Å²) in [6.07, 6.45) is -1.69. The molecule has 3 aromatic rings. The molecule has 3 aromatic carbocycles. The summed E-state index contributed by atoms with van der Waals surface area (Å²) in [5.41, 5.74) is 2.57. The van der Waals surface area contributed by atoms with Crippen molar-refractivity contribution in [3.63, 3.8) is 0 Å². The maximum absolute atomic E-state index is 13.0. The standard InChI is InChI=1S/C29H34O5S/c1-3-35(30)29-28(33-21-25-17-11-6-12-18-25)27(32-20-24-15-9-5-10-16-24)26(22(2)34-29)31-19-23-13-7-4-8-14-23/h4-18,22,26-29H,3,19-21H2,1-2H3/t22-,26-,27-,28+,29?,35?/m1/s1. The monoisotopic (exact) mass is 494 g/mol. The average Bonchev–Trinajstić information content (AvgIpc) is 2.91. The average molecular weight is 495 g/mol. The third-order valence-corrected chi connectivity index (χ3v) is 7.59. The van der Waals surface area contributed by atoms with Crippen LogP contribution in [0.25, 0.3) is 0 Å². The summed E-state index contributed by atoms with van der Waals surface area (Å²) in [4.78, 5) is 0. The maximum atomic E-state index is 13.0. The van der Waals surface area contributed by atoms with Gasteiger partial charge in [-0.3, -0.25) is 4.21 Å². The van der Waals surface area contributed by atoms with Crippen molar-refractivity contribution >= 4 is 10.8 Å². The summed E-state index contributed by atoms with van der Waals surface area (Å²) in [5, 5.41) is 0. The van der Waals surface area contributed by atoms with Crippen LogP contribution < -0.4 is 0 Å². The van der Waals surface area contributed by atoms with Gasteiger partial charge in [0.2, 0.25) is 0 Å². The Hall–Kier alpha value is -2.35. The molecule has 0 bridgehead atoms. The minimum Gasteiger partial charge on any atom is -0.368 e. The Morgan fingerprint density at radius 3 is 1.49 bits per heavy atom. The van der Waals surface area contributed by atoms with Crippen LogP contribution in [0, 0.1) is 0 Å². The van der Waals surface area contributed by atoms with Crippen LogP contribution in [0.2, 0.25) is 0 Å². The molecule has 5 nitrogen and oxygen atoms in total. The largest absolute Gasteiger partial charge is 0.368 e. The fourth-order valence-electron chi connectivity index (χ4n) is 4.24. The lowest BCUT2D eigenvalue weighted by molar-refractivity contribution is -0.243. The molecule has 186 valence electrons. The van der Waals surface area contributed by atoms with Gasteiger partial charge in [-0.15, -0.1) is 0 Å². The highest BCUT2D eigenvalue weighted by atomic mass is 32.2. The summed E-state index contributed by atoms with van der Waals surface area (Å²) in [6.45, 7) is 5.06. The van der Waals surface area contributed by atoms with E-state index in [9.17, 15) is 4.21 Å². The van der Waals surface area contributed by atoms with E-state index in [4.69, 9.17) is 18.9 Å². The van der Waals surface area contributed by atoms with Gasteiger partial charge in [0.05, 0.1) is 36.7 Å². The van der Waals surface area contributed by atoms with E-state index in [0.29, 0.717) is 25.6 Å². The van der Waals surface area contributed by atoms with Crippen LogP contribution in [0.5, 0.6) is 0 Å². The van der Waals surface area contributed by atoms with Gasteiger partial charge in [-0.05, 0) is 23.6 Å². The van der Waals surface area contributed by atoms with Crippen molar-refractivity contribution in [1.82, 2.24) is 0 Å². The normalized spacial score (nSPS) is 25.3. The fraction of sp³-hybridized carbons (Fsp3) is 0.379. The van der Waals surface area contributed by atoms with Crippen LogP contribution in [0.3, 0.4) is 0 Å². The van der Waals surface area contributed by atoms with Gasteiger partial charge in [0.15, 0.2) is 5.44 Å². The van der Waals surface area contributed by atoms with E-state index in [1.165, 1.54) is 0 Å². The van der Waals surface area contributed by atoms with Crippen molar-refractivity contribution in [2.75, 3.05) is 5.75 Å². The Kier molecular flexibility index (Phi) is 9.63. The van der Waals surface area contributed by atoms with Crippen molar-refractivity contribution < 1.29 is 23.2 Å². The number of hydrogen-bond donors (Lipinski definition) is 0. The zero-order valence-corrected chi connectivity index (χ0v) is 21.1. The molecule has 4 rings (SSSR count). The Labute approximate surface area is 210 Å². The zero-order chi connectivity index (χ0) is 24.5. The van der Waals surface area contributed by atoms with Gasteiger partial charge in [-0.1, -0.05) is 97.9 Å². The lowest BCUT2D eigenvalue weighted by Crippen LogP contribution is -2.60. The van der Waals surface area contributed by atoms with Crippen LogP contribution in [0.1, 0.15) is 30.5 Å². The first-order valence-electron chi connectivity index (χ1n) is 12.1. The van der Waals surface area contributed by atoms with Crippen molar-refractivity contribution in [2.24, 2.45) is 0 Å². The number of hydrogen-bond acceptors (Lipinski definition) is 5. The molecule has 1 fully saturated rings. The molecule has 0 aromatic heterocycles. The van der Waals surface area contributed by atoms with E-state index < -0.39 is 28.4 Å². The van der Waals surface area contributed by atoms with Gasteiger partial charge in [-0.25, -0.2) is 0 Å². The third kappa shape index (κ3) is 7.09. The second kappa shape index (κ2) is 13.1. The Balaban J connectivity index is 1.59. The highest BCUT2D eigenvalue weighted by Crippen LogP contribution is 2.31. The molecule has 0 N–H and O–H groups in total. The van der Waals surface area contributed by atoms with Crippen molar-refractivity contribution in [2.45, 2.75) is 63.5 Å². The molecule has 0 spiro atoms. The summed E-state index contributed by atoms with van der Waals surface area (Å²) in [5.74, 6) is 0.476. The molecule has 1 heterocycles. The zero-order valence-electron chi connectivity index (χ0n) is 20.3. The van der Waals surface area contributed by atoms with Gasteiger partial charge in [-0.2, -0.15) is 0 Å². The first kappa shape index (κ1) is 25.7. The summed E-state index contributed by atoms with van der Waals surface area (Å²) in [6, 6.07) is 30.0. The Bertz CT molecular complexity index is 1030. The number of rotatable bonds is 11. The highest BCUT2D eigenvalue weighted by molar-refractivity contribution is 7.85. The minimum atomic E-state index is -1.23. The van der Waals surface area contributed by atoms with Gasteiger partial charge >= 0.3 is 0 Å². The molecule has 0 aliphatic carbocycles. The smallest absolute Gasteiger partial charge is 0.161 e. The van der Waals surface area contributed by atoms with Crippen LogP contribution in [0.4, 0.5) is 0 Å². The second-order valence-corrected chi connectivity index (χ2v) is 10.5. The second-order valence-electron chi connectivity index (χ2n) is 8.66. The third-order valence-electron chi connectivity index (χ3n) is 6.13. The van der Waals surface area contributed by atoms with Crippen LogP contribution in [-0.4, -0.2) is 39.8 Å². The molecule has 0 radical (unpaired) electrons. The molecule has 35 heavy (non-hydrogen) atoms. The number of benzene rings is 3. The van der Waals surface area contributed by atoms with E-state index in [0.717, 1.165) is 16.7 Å². The van der Waals surface area contributed by atoms with Crippen LogP contribution >= 0.6 is 0 Å². The first-order chi connectivity index (χ1) is 17.2. The van der Waals surface area contributed by atoms with Crippen LogP contribution in [0.15, 0.2) is 91.0 Å². The molecule has 1 saturated heterocycles. The van der Waals surface area contributed by atoms with Gasteiger partial charge < -0.3 is 18.9 Å². The quantitative estimate of drug-likeness (QED) is 0.364. The molecular weight excluding hydrogens is 460 g/mol. The summed E-state index contributed by atoms with van der Waals surface area (Å²) < 4.78 is 38.7.